The number of piperidine rings is 1. The quantitative estimate of drug-likeness (QED) is 0.480. The van der Waals surface area contributed by atoms with Crippen LogP contribution in [0.15, 0.2) is 0 Å². The number of hydrogen-bond donors (Lipinski definition) is 2. The van der Waals surface area contributed by atoms with Gasteiger partial charge in [-0.3, -0.25) is 0 Å². The van der Waals surface area contributed by atoms with E-state index in [1.807, 2.05) is 0 Å². The summed E-state index contributed by atoms with van der Waals surface area (Å²) in [4.78, 5) is 0. The van der Waals surface area contributed by atoms with Gasteiger partial charge in [0.05, 0.1) is 6.10 Å². The Morgan fingerprint density at radius 1 is 1.58 bits per heavy atom. The van der Waals surface area contributed by atoms with Gasteiger partial charge in [-0.2, -0.15) is 0 Å². The molecule has 2 heteroatoms. The van der Waals surface area contributed by atoms with Crippen LogP contribution in [-0.4, -0.2) is 24.3 Å². The third-order valence-electron chi connectivity index (χ3n) is 2.46. The van der Waals surface area contributed by atoms with Crippen molar-refractivity contribution in [3.63, 3.8) is 0 Å². The lowest BCUT2D eigenvalue weighted by Crippen LogP contribution is -2.39. The lowest BCUT2D eigenvalue weighted by molar-refractivity contribution is 0.0737. The molecule has 1 aliphatic rings. The summed E-state index contributed by atoms with van der Waals surface area (Å²) in [6, 6.07) is 0. The van der Waals surface area contributed by atoms with Crippen molar-refractivity contribution >= 4 is 0 Å². The lowest BCUT2D eigenvalue weighted by atomic mass is 9.91. The maximum absolute atomic E-state index is 9.58. The summed E-state index contributed by atoms with van der Waals surface area (Å²) in [6.45, 7) is 1.90. The van der Waals surface area contributed by atoms with E-state index in [2.05, 4.69) is 11.2 Å². The van der Waals surface area contributed by atoms with E-state index in [4.69, 9.17) is 6.42 Å². The molecule has 0 saturated carbocycles. The summed E-state index contributed by atoms with van der Waals surface area (Å²) in [5, 5.41) is 12.9. The highest BCUT2D eigenvalue weighted by molar-refractivity contribution is 4.84. The van der Waals surface area contributed by atoms with Gasteiger partial charge in [0.2, 0.25) is 0 Å². The van der Waals surface area contributed by atoms with Crippen LogP contribution in [0.1, 0.15) is 25.7 Å². The summed E-state index contributed by atoms with van der Waals surface area (Å²) in [5.74, 6) is 3.04. The smallest absolute Gasteiger partial charge is 0.0592 e. The third kappa shape index (κ3) is 2.84. The number of terminal acetylenes is 1. The van der Waals surface area contributed by atoms with Crippen molar-refractivity contribution in [2.75, 3.05) is 13.1 Å². The molecule has 0 aliphatic carbocycles. The molecule has 1 rings (SSSR count). The molecule has 2 nitrogen and oxygen atoms in total. The molecule has 0 aromatic carbocycles. The van der Waals surface area contributed by atoms with Crippen LogP contribution in [0.5, 0.6) is 0 Å². The molecule has 1 fully saturated rings. The van der Waals surface area contributed by atoms with Gasteiger partial charge in [0, 0.05) is 13.0 Å². The van der Waals surface area contributed by atoms with Gasteiger partial charge in [0.15, 0.2) is 0 Å². The highest BCUT2D eigenvalue weighted by Crippen LogP contribution is 2.17. The molecule has 68 valence electrons. The normalized spacial score (nSPS) is 29.7. The molecule has 0 amide bonds. The van der Waals surface area contributed by atoms with E-state index in [1.54, 1.807) is 0 Å². The first-order valence-corrected chi connectivity index (χ1v) is 4.67. The summed E-state index contributed by atoms with van der Waals surface area (Å²) >= 11 is 0. The van der Waals surface area contributed by atoms with Crippen LogP contribution >= 0.6 is 0 Å². The maximum Gasteiger partial charge on any atom is 0.0592 e. The standard InChI is InChI=1S/C10H17NO/c1-2-3-4-5-9-8-11-7-6-10(9)12/h1,9-12H,3-8H2. The zero-order chi connectivity index (χ0) is 8.81. The monoisotopic (exact) mass is 167 g/mol. The van der Waals surface area contributed by atoms with Gasteiger partial charge in [-0.25, -0.2) is 0 Å². The van der Waals surface area contributed by atoms with Crippen molar-refractivity contribution in [2.45, 2.75) is 31.8 Å². The largest absolute Gasteiger partial charge is 0.393 e. The Hall–Kier alpha value is -0.520. The fourth-order valence-corrected chi connectivity index (χ4v) is 1.67. The highest BCUT2D eigenvalue weighted by atomic mass is 16.3. The van der Waals surface area contributed by atoms with E-state index in [9.17, 15) is 5.11 Å². The van der Waals surface area contributed by atoms with Crippen LogP contribution in [0, 0.1) is 18.3 Å². The van der Waals surface area contributed by atoms with Crippen molar-refractivity contribution in [2.24, 2.45) is 5.92 Å². The second kappa shape index (κ2) is 5.18. The molecule has 2 atom stereocenters. The number of unbranched alkanes of at least 4 members (excludes halogenated alkanes) is 1. The molecule has 2 N–H and O–H groups in total. The van der Waals surface area contributed by atoms with E-state index < -0.39 is 0 Å². The van der Waals surface area contributed by atoms with E-state index in [0.29, 0.717) is 5.92 Å². The molecule has 12 heavy (non-hydrogen) atoms. The number of rotatable bonds is 3. The number of aliphatic hydroxyl groups is 1. The molecule has 0 spiro atoms. The summed E-state index contributed by atoms with van der Waals surface area (Å²) in [5.41, 5.74) is 0. The first-order valence-electron chi connectivity index (χ1n) is 4.67. The van der Waals surface area contributed by atoms with Gasteiger partial charge >= 0.3 is 0 Å². The van der Waals surface area contributed by atoms with Crippen LogP contribution in [0.25, 0.3) is 0 Å². The minimum Gasteiger partial charge on any atom is -0.393 e. The van der Waals surface area contributed by atoms with Gasteiger partial charge in [0.25, 0.3) is 0 Å². The van der Waals surface area contributed by atoms with Crippen LogP contribution in [0.3, 0.4) is 0 Å². The molecular formula is C10H17NO. The predicted octanol–water partition coefficient (Wildman–Crippen LogP) is 0.760. The molecule has 1 aliphatic heterocycles. The Balaban J connectivity index is 2.16. The first kappa shape index (κ1) is 9.57. The van der Waals surface area contributed by atoms with Gasteiger partial charge < -0.3 is 10.4 Å². The van der Waals surface area contributed by atoms with Crippen molar-refractivity contribution in [1.82, 2.24) is 5.32 Å². The summed E-state index contributed by atoms with van der Waals surface area (Å²) in [6.07, 6.45) is 8.86. The van der Waals surface area contributed by atoms with Crippen molar-refractivity contribution < 1.29 is 5.11 Å². The average Bonchev–Trinajstić information content (AvgIpc) is 2.09. The Morgan fingerprint density at radius 3 is 3.08 bits per heavy atom. The minimum atomic E-state index is -0.107. The number of hydrogen-bond acceptors (Lipinski definition) is 2. The second-order valence-corrected chi connectivity index (χ2v) is 3.42. The molecular weight excluding hydrogens is 150 g/mol. The molecule has 0 bridgehead atoms. The van der Waals surface area contributed by atoms with Gasteiger partial charge in [0.1, 0.15) is 0 Å². The van der Waals surface area contributed by atoms with Crippen LogP contribution < -0.4 is 5.32 Å². The Bertz CT molecular complexity index is 162. The summed E-state index contributed by atoms with van der Waals surface area (Å²) < 4.78 is 0. The van der Waals surface area contributed by atoms with Gasteiger partial charge in [-0.1, -0.05) is 0 Å². The molecule has 0 aromatic rings. The zero-order valence-electron chi connectivity index (χ0n) is 7.42. The topological polar surface area (TPSA) is 32.3 Å². The number of aliphatic hydroxyl groups excluding tert-OH is 1. The van der Waals surface area contributed by atoms with E-state index in [1.165, 1.54) is 0 Å². The number of nitrogens with one attached hydrogen (secondary N) is 1. The fraction of sp³-hybridized carbons (Fsp3) is 0.800. The second-order valence-electron chi connectivity index (χ2n) is 3.42. The average molecular weight is 167 g/mol. The Morgan fingerprint density at radius 2 is 2.42 bits per heavy atom. The third-order valence-corrected chi connectivity index (χ3v) is 2.46. The Kier molecular flexibility index (Phi) is 4.13. The first-order chi connectivity index (χ1) is 5.84. The molecule has 0 radical (unpaired) electrons. The maximum atomic E-state index is 9.58. The van der Waals surface area contributed by atoms with Gasteiger partial charge in [-0.15, -0.1) is 12.3 Å². The molecule has 2 unspecified atom stereocenters. The molecule has 1 heterocycles. The van der Waals surface area contributed by atoms with Crippen LogP contribution in [0.2, 0.25) is 0 Å². The van der Waals surface area contributed by atoms with Crippen LogP contribution in [0.4, 0.5) is 0 Å². The molecule has 0 aromatic heterocycles. The Labute approximate surface area is 74.4 Å². The minimum absolute atomic E-state index is 0.107. The van der Waals surface area contributed by atoms with Crippen molar-refractivity contribution in [1.29, 1.82) is 0 Å². The molecule has 1 saturated heterocycles. The summed E-state index contributed by atoms with van der Waals surface area (Å²) in [7, 11) is 0. The highest BCUT2D eigenvalue weighted by Gasteiger charge is 2.21. The van der Waals surface area contributed by atoms with E-state index in [-0.39, 0.29) is 6.10 Å². The van der Waals surface area contributed by atoms with Crippen molar-refractivity contribution in [3.05, 3.63) is 0 Å². The van der Waals surface area contributed by atoms with E-state index >= 15 is 0 Å². The SMILES string of the molecule is C#CCCCC1CNCCC1O. The lowest BCUT2D eigenvalue weighted by Gasteiger charge is -2.28. The van der Waals surface area contributed by atoms with Crippen molar-refractivity contribution in [3.8, 4) is 12.3 Å². The van der Waals surface area contributed by atoms with Crippen LogP contribution in [-0.2, 0) is 0 Å². The van der Waals surface area contributed by atoms with Gasteiger partial charge in [-0.05, 0) is 31.7 Å². The van der Waals surface area contributed by atoms with E-state index in [0.717, 1.165) is 38.8 Å². The fourth-order valence-electron chi connectivity index (χ4n) is 1.67. The predicted molar refractivity (Wildman–Crippen MR) is 49.7 cm³/mol. The zero-order valence-corrected chi connectivity index (χ0v) is 7.42.